The highest BCUT2D eigenvalue weighted by Crippen LogP contribution is 2.49. The van der Waals surface area contributed by atoms with Crippen LogP contribution in [0.2, 0.25) is 5.02 Å². The molecule has 2 fully saturated rings. The lowest BCUT2D eigenvalue weighted by Gasteiger charge is -2.42. The third-order valence-electron chi connectivity index (χ3n) is 11.0. The minimum Gasteiger partial charge on any atom is -0.457 e. The Morgan fingerprint density at radius 2 is 1.94 bits per heavy atom. The van der Waals surface area contributed by atoms with Crippen molar-refractivity contribution in [1.82, 2.24) is 10.2 Å². The maximum Gasteiger partial charge on any atom is 0.409 e. The summed E-state index contributed by atoms with van der Waals surface area (Å²) in [5.74, 6) is -1.78. The predicted molar refractivity (Wildman–Crippen MR) is 206 cm³/mol. The molecule has 294 valence electrons. The number of ether oxygens (including phenoxy) is 4. The number of aliphatic hydroxyl groups is 1. The van der Waals surface area contributed by atoms with Crippen LogP contribution in [0.4, 0.5) is 10.5 Å². The number of nitrogens with zero attached hydrogens (tertiary/aromatic N) is 2. The Bertz CT molecular complexity index is 1630. The van der Waals surface area contributed by atoms with Crippen LogP contribution in [0.1, 0.15) is 78.4 Å². The van der Waals surface area contributed by atoms with Crippen molar-refractivity contribution in [2.75, 3.05) is 32.4 Å². The number of nitrogens with one attached hydrogen (secondary N) is 1. The van der Waals surface area contributed by atoms with E-state index in [9.17, 15) is 24.3 Å². The number of aryl methyl sites for hydroxylation is 1. The number of esters is 1. The number of methoxy groups -OCH3 is 1. The van der Waals surface area contributed by atoms with E-state index in [0.717, 1.165) is 16.7 Å². The van der Waals surface area contributed by atoms with Crippen molar-refractivity contribution in [2.45, 2.75) is 127 Å². The van der Waals surface area contributed by atoms with Gasteiger partial charge in [0.1, 0.15) is 30.0 Å². The fraction of sp³-hybridized carbons (Fsp3) is 0.641. The monoisotopic (exact) mass is 777 g/mol. The number of halogens is 1. The lowest BCUT2D eigenvalue weighted by Crippen LogP contribution is -2.63. The van der Waals surface area contributed by atoms with Crippen LogP contribution in [0.3, 0.4) is 0 Å². The number of amides is 3. The van der Waals surface area contributed by atoms with Crippen molar-refractivity contribution in [3.8, 4) is 0 Å². The summed E-state index contributed by atoms with van der Waals surface area (Å²) in [6.07, 6.45) is 4.16. The lowest BCUT2D eigenvalue weighted by atomic mass is 9.83. The largest absolute Gasteiger partial charge is 0.457 e. The summed E-state index contributed by atoms with van der Waals surface area (Å²) in [5, 5.41) is 14.7. The van der Waals surface area contributed by atoms with Gasteiger partial charge in [0, 0.05) is 44.7 Å². The Balaban J connectivity index is 1.71. The maximum atomic E-state index is 14.1. The number of carbonyl (C=O) groups excluding carboxylic acids is 4. The Morgan fingerprint density at radius 3 is 2.58 bits per heavy atom. The normalized spacial score (nSPS) is 31.6. The molecule has 14 heteroatoms. The average Bonchev–Trinajstić information content (AvgIpc) is 3.80. The summed E-state index contributed by atoms with van der Waals surface area (Å²) in [7, 11) is 4.64. The van der Waals surface area contributed by atoms with Crippen LogP contribution in [0.25, 0.3) is 0 Å². The van der Waals surface area contributed by atoms with Gasteiger partial charge in [0.25, 0.3) is 0 Å². The third kappa shape index (κ3) is 9.77. The van der Waals surface area contributed by atoms with Gasteiger partial charge >= 0.3 is 12.1 Å². The molecule has 0 radical (unpaired) electrons. The second-order valence-electron chi connectivity index (χ2n) is 15.5. The molecular weight excluding hydrogens is 722 g/mol. The van der Waals surface area contributed by atoms with Gasteiger partial charge in [0.05, 0.1) is 23.2 Å². The quantitative estimate of drug-likeness (QED) is 0.248. The third-order valence-corrected chi connectivity index (χ3v) is 12.8. The SMILES string of the molecule is COC1/C=C/C=C(\C)Cc2cc(C)c(Cl)c(c2)N(C)C(=O)CC(OC(=O)[C@H](C)N(C)C(=O)CCC(C)(C)SC)C2(C)OC2C(C)C2CC1(O)NC(=O)O2. The molecule has 2 saturated heterocycles. The van der Waals surface area contributed by atoms with E-state index in [1.807, 2.05) is 45.2 Å². The van der Waals surface area contributed by atoms with Gasteiger partial charge in [-0.15, -0.1) is 0 Å². The molecule has 0 aliphatic carbocycles. The number of likely N-dealkylation sites (N-methyl/N-ethyl adjacent to an activating group) is 1. The number of benzene rings is 1. The van der Waals surface area contributed by atoms with Crippen LogP contribution in [-0.2, 0) is 39.8 Å². The zero-order valence-electron chi connectivity index (χ0n) is 32.8. The topological polar surface area (TPSA) is 147 Å². The lowest BCUT2D eigenvalue weighted by molar-refractivity contribution is -0.162. The first kappa shape index (κ1) is 42.6. The highest BCUT2D eigenvalue weighted by atomic mass is 35.5. The molecule has 0 saturated carbocycles. The van der Waals surface area contributed by atoms with Crippen molar-refractivity contribution in [3.63, 3.8) is 0 Å². The van der Waals surface area contributed by atoms with Crippen molar-refractivity contribution < 1.29 is 43.2 Å². The zero-order valence-corrected chi connectivity index (χ0v) is 34.4. The number of epoxide rings is 1. The Kier molecular flexibility index (Phi) is 13.5. The second kappa shape index (κ2) is 16.7. The molecule has 0 aromatic heterocycles. The molecule has 2 N–H and O–H groups in total. The molecule has 8 atom stereocenters. The van der Waals surface area contributed by atoms with Crippen LogP contribution in [0.5, 0.6) is 0 Å². The maximum absolute atomic E-state index is 14.1. The van der Waals surface area contributed by atoms with E-state index in [1.54, 1.807) is 51.9 Å². The molecule has 3 heterocycles. The van der Waals surface area contributed by atoms with E-state index in [1.165, 1.54) is 16.9 Å². The zero-order chi connectivity index (χ0) is 39.6. The van der Waals surface area contributed by atoms with Gasteiger partial charge in [0.2, 0.25) is 11.8 Å². The molecule has 1 aromatic rings. The van der Waals surface area contributed by atoms with E-state index in [0.29, 0.717) is 23.6 Å². The first-order valence-corrected chi connectivity index (χ1v) is 19.6. The summed E-state index contributed by atoms with van der Waals surface area (Å²) in [5.41, 5.74) is 0.199. The van der Waals surface area contributed by atoms with E-state index in [-0.39, 0.29) is 35.8 Å². The number of allylic oxidation sites excluding steroid dienone is 3. The van der Waals surface area contributed by atoms with Gasteiger partial charge in [-0.25, -0.2) is 9.59 Å². The molecule has 1 aromatic carbocycles. The standard InChI is InChI=1S/C39H56ClN3O9S/c1-22-13-12-14-29(49-10)39(48)21-28(50-36(47)41-39)24(3)34-38(7,52-34)30(20-32(45)43(9)27-19-26(17-22)18-23(2)33(27)40)51-35(46)25(4)42(8)31(44)15-16-37(5,6)53-11/h12-14,18-19,24-25,28-30,34,48H,15-17,20-21H2,1-11H3,(H,41,47)/b14-12+,22-13+/t24?,25-,28?,29?,30?,34?,38?,39?/m0/s1. The van der Waals surface area contributed by atoms with Gasteiger partial charge in [-0.2, -0.15) is 11.8 Å². The van der Waals surface area contributed by atoms with Crippen molar-refractivity contribution in [1.29, 1.82) is 0 Å². The van der Waals surface area contributed by atoms with E-state index < -0.39 is 59.8 Å². The van der Waals surface area contributed by atoms with Crippen LogP contribution >= 0.6 is 23.4 Å². The van der Waals surface area contributed by atoms with Crippen LogP contribution in [0.15, 0.2) is 35.9 Å². The summed E-state index contributed by atoms with van der Waals surface area (Å²) in [6, 6.07) is 2.87. The van der Waals surface area contributed by atoms with Gasteiger partial charge < -0.3 is 33.9 Å². The number of rotatable bonds is 8. The highest BCUT2D eigenvalue weighted by molar-refractivity contribution is 7.99. The molecular formula is C39H56ClN3O9S. The number of hydrogen-bond donors (Lipinski definition) is 2. The highest BCUT2D eigenvalue weighted by Gasteiger charge is 2.64. The Morgan fingerprint density at radius 1 is 1.26 bits per heavy atom. The van der Waals surface area contributed by atoms with Crippen molar-refractivity contribution >= 4 is 52.9 Å². The number of hydrogen-bond acceptors (Lipinski definition) is 10. The van der Waals surface area contributed by atoms with Crippen molar-refractivity contribution in [3.05, 3.63) is 52.1 Å². The van der Waals surface area contributed by atoms with Gasteiger partial charge in [0.15, 0.2) is 5.72 Å². The number of fused-ring (bicyclic) bond motifs is 5. The Hall–Kier alpha value is -3.10. The molecule has 3 aliphatic rings. The first-order chi connectivity index (χ1) is 24.7. The van der Waals surface area contributed by atoms with Gasteiger partial charge in [-0.3, -0.25) is 14.9 Å². The first-order valence-electron chi connectivity index (χ1n) is 18.0. The molecule has 53 heavy (non-hydrogen) atoms. The summed E-state index contributed by atoms with van der Waals surface area (Å²) in [4.78, 5) is 56.7. The minimum atomic E-state index is -1.81. The van der Waals surface area contributed by atoms with Gasteiger partial charge in [-0.05, 0) is 64.0 Å². The summed E-state index contributed by atoms with van der Waals surface area (Å²) >= 11 is 8.45. The van der Waals surface area contributed by atoms with Crippen LogP contribution in [-0.4, -0.2) is 108 Å². The molecule has 3 amide bonds. The van der Waals surface area contributed by atoms with Crippen LogP contribution < -0.4 is 10.2 Å². The van der Waals surface area contributed by atoms with E-state index >= 15 is 0 Å². The van der Waals surface area contributed by atoms with E-state index in [2.05, 4.69) is 19.2 Å². The minimum absolute atomic E-state index is 0.0333. The number of thioether (sulfide) groups is 1. The van der Waals surface area contributed by atoms with Crippen LogP contribution in [0, 0.1) is 12.8 Å². The average molecular weight is 778 g/mol. The molecule has 0 spiro atoms. The van der Waals surface area contributed by atoms with E-state index in [4.69, 9.17) is 30.5 Å². The molecule has 3 aliphatic heterocycles. The Labute approximate surface area is 322 Å². The van der Waals surface area contributed by atoms with Crippen molar-refractivity contribution in [2.24, 2.45) is 5.92 Å². The smallest absolute Gasteiger partial charge is 0.409 e. The molecule has 7 unspecified atom stereocenters. The second-order valence-corrected chi connectivity index (χ2v) is 17.4. The molecule has 4 rings (SSSR count). The molecule has 4 bridgehead atoms. The summed E-state index contributed by atoms with van der Waals surface area (Å²) < 4.78 is 23.6. The molecule has 12 nitrogen and oxygen atoms in total. The fourth-order valence-electron chi connectivity index (χ4n) is 6.94. The summed E-state index contributed by atoms with van der Waals surface area (Å²) in [6.45, 7) is 13.1. The fourth-order valence-corrected chi connectivity index (χ4v) is 7.48. The van der Waals surface area contributed by atoms with Gasteiger partial charge in [-0.1, -0.05) is 62.2 Å². The number of alkyl carbamates (subject to hydrolysis) is 1. The number of carbonyl (C=O) groups is 4. The number of anilines is 1. The predicted octanol–water partition coefficient (Wildman–Crippen LogP) is 5.74.